The quantitative estimate of drug-likeness (QED) is 0.788. The molecule has 0 heterocycles. The zero-order valence-corrected chi connectivity index (χ0v) is 11.1. The summed E-state index contributed by atoms with van der Waals surface area (Å²) < 4.78 is 46.4. The van der Waals surface area contributed by atoms with Crippen LogP contribution in [0.2, 0.25) is 0 Å². The number of terminal acetylenes is 1. The highest BCUT2D eigenvalue weighted by atomic mass is 19.4. The van der Waals surface area contributed by atoms with Crippen molar-refractivity contribution < 1.29 is 22.6 Å². The van der Waals surface area contributed by atoms with Gasteiger partial charge < -0.3 is 9.47 Å². The third-order valence-corrected chi connectivity index (χ3v) is 2.78. The maximum absolute atomic E-state index is 12.4. The summed E-state index contributed by atoms with van der Waals surface area (Å²) in [6, 6.07) is 10.7. The summed E-state index contributed by atoms with van der Waals surface area (Å²) in [4.78, 5) is 0. The first-order valence-electron chi connectivity index (χ1n) is 5.94. The summed E-state index contributed by atoms with van der Waals surface area (Å²) in [5.74, 6) is 2.64. The molecule has 108 valence electrons. The number of alkyl halides is 3. The van der Waals surface area contributed by atoms with Gasteiger partial charge in [-0.1, -0.05) is 30.2 Å². The van der Waals surface area contributed by atoms with Gasteiger partial charge in [-0.05, 0) is 23.8 Å². The molecule has 0 aliphatic rings. The molecule has 0 N–H and O–H groups in total. The number of hydrogen-bond acceptors (Lipinski definition) is 2. The van der Waals surface area contributed by atoms with Crippen molar-refractivity contribution in [3.8, 4) is 35.0 Å². The molecule has 5 heteroatoms. The molecule has 0 bridgehead atoms. The highest BCUT2D eigenvalue weighted by Gasteiger charge is 2.32. The Bertz CT molecular complexity index is 685. The average Bonchev–Trinajstić information content (AvgIpc) is 2.45. The zero-order chi connectivity index (χ0) is 15.5. The van der Waals surface area contributed by atoms with Crippen LogP contribution >= 0.6 is 0 Å². The van der Waals surface area contributed by atoms with E-state index in [-0.39, 0.29) is 5.75 Å². The Labute approximate surface area is 120 Å². The fourth-order valence-corrected chi connectivity index (χ4v) is 1.91. The molecule has 21 heavy (non-hydrogen) atoms. The standard InChI is InChI=1S/C16H11F3O2/c1-3-11-10-12(8-9-14(11)20-2)13-6-4-5-7-15(13)21-16(17,18)19/h1,4-10H,2H3. The molecule has 0 spiro atoms. The van der Waals surface area contributed by atoms with E-state index in [1.807, 2.05) is 0 Å². The second-order valence-corrected chi connectivity index (χ2v) is 4.10. The lowest BCUT2D eigenvalue weighted by Gasteiger charge is -2.14. The van der Waals surface area contributed by atoms with E-state index in [0.29, 0.717) is 22.4 Å². The van der Waals surface area contributed by atoms with E-state index >= 15 is 0 Å². The maximum atomic E-state index is 12.4. The highest BCUT2D eigenvalue weighted by Crippen LogP contribution is 2.35. The molecule has 0 radical (unpaired) electrons. The predicted molar refractivity (Wildman–Crippen MR) is 73.0 cm³/mol. The lowest BCUT2D eigenvalue weighted by molar-refractivity contribution is -0.274. The van der Waals surface area contributed by atoms with E-state index in [2.05, 4.69) is 10.7 Å². The lowest BCUT2D eigenvalue weighted by atomic mass is 10.0. The van der Waals surface area contributed by atoms with E-state index in [0.717, 1.165) is 0 Å². The number of hydrogen-bond donors (Lipinski definition) is 0. The number of benzene rings is 2. The minimum Gasteiger partial charge on any atom is -0.495 e. The van der Waals surface area contributed by atoms with Gasteiger partial charge in [0.05, 0.1) is 12.7 Å². The summed E-state index contributed by atoms with van der Waals surface area (Å²) in [7, 11) is 1.47. The van der Waals surface area contributed by atoms with Crippen LogP contribution in [0.25, 0.3) is 11.1 Å². The first-order chi connectivity index (χ1) is 9.94. The van der Waals surface area contributed by atoms with Crippen molar-refractivity contribution in [2.45, 2.75) is 6.36 Å². The zero-order valence-electron chi connectivity index (χ0n) is 11.1. The Morgan fingerprint density at radius 1 is 1.05 bits per heavy atom. The van der Waals surface area contributed by atoms with Gasteiger partial charge in [-0.25, -0.2) is 0 Å². The second kappa shape index (κ2) is 5.80. The Kier molecular flexibility index (Phi) is 4.08. The van der Waals surface area contributed by atoms with Gasteiger partial charge in [-0.2, -0.15) is 0 Å². The molecular weight excluding hydrogens is 281 g/mol. The molecule has 2 nitrogen and oxygen atoms in total. The monoisotopic (exact) mass is 292 g/mol. The van der Waals surface area contributed by atoms with Crippen LogP contribution in [0.3, 0.4) is 0 Å². The van der Waals surface area contributed by atoms with Crippen molar-refractivity contribution in [3.63, 3.8) is 0 Å². The molecule has 0 unspecified atom stereocenters. The highest BCUT2D eigenvalue weighted by molar-refractivity contribution is 5.73. The van der Waals surface area contributed by atoms with E-state index in [1.54, 1.807) is 24.3 Å². The largest absolute Gasteiger partial charge is 0.573 e. The molecule has 2 aromatic carbocycles. The second-order valence-electron chi connectivity index (χ2n) is 4.10. The van der Waals surface area contributed by atoms with Crippen LogP contribution in [0.4, 0.5) is 13.2 Å². The Morgan fingerprint density at radius 2 is 1.76 bits per heavy atom. The first kappa shape index (κ1) is 14.8. The molecule has 0 aromatic heterocycles. The SMILES string of the molecule is C#Cc1cc(-c2ccccc2OC(F)(F)F)ccc1OC. The fraction of sp³-hybridized carbons (Fsp3) is 0.125. The van der Waals surface area contributed by atoms with E-state index in [4.69, 9.17) is 11.2 Å². The molecular formula is C16H11F3O2. The average molecular weight is 292 g/mol. The van der Waals surface area contributed by atoms with Crippen LogP contribution < -0.4 is 9.47 Å². The van der Waals surface area contributed by atoms with Gasteiger partial charge in [-0.15, -0.1) is 19.6 Å². The van der Waals surface area contributed by atoms with Crippen LogP contribution in [-0.4, -0.2) is 13.5 Å². The molecule has 0 fully saturated rings. The molecule has 0 aliphatic carbocycles. The van der Waals surface area contributed by atoms with Crippen molar-refractivity contribution in [1.82, 2.24) is 0 Å². The topological polar surface area (TPSA) is 18.5 Å². The molecule has 0 atom stereocenters. The summed E-state index contributed by atoms with van der Waals surface area (Å²) in [6.07, 6.45) is 0.619. The van der Waals surface area contributed by atoms with Gasteiger partial charge in [0.1, 0.15) is 11.5 Å². The number of para-hydroxylation sites is 1. The summed E-state index contributed by atoms with van der Waals surface area (Å²) in [5.41, 5.74) is 1.27. The Balaban J connectivity index is 2.50. The predicted octanol–water partition coefficient (Wildman–Crippen LogP) is 4.24. The smallest absolute Gasteiger partial charge is 0.495 e. The van der Waals surface area contributed by atoms with Crippen molar-refractivity contribution in [2.24, 2.45) is 0 Å². The summed E-state index contributed by atoms with van der Waals surface area (Å²) >= 11 is 0. The number of rotatable bonds is 3. The molecule has 0 aliphatic heterocycles. The van der Waals surface area contributed by atoms with E-state index < -0.39 is 6.36 Å². The normalized spacial score (nSPS) is 10.8. The van der Waals surface area contributed by atoms with Crippen LogP contribution in [0.15, 0.2) is 42.5 Å². The van der Waals surface area contributed by atoms with Crippen LogP contribution in [-0.2, 0) is 0 Å². The summed E-state index contributed by atoms with van der Waals surface area (Å²) in [5, 5.41) is 0. The first-order valence-corrected chi connectivity index (χ1v) is 5.94. The third kappa shape index (κ3) is 3.48. The molecule has 0 saturated carbocycles. The lowest BCUT2D eigenvalue weighted by Crippen LogP contribution is -2.17. The van der Waals surface area contributed by atoms with Gasteiger partial charge in [0.25, 0.3) is 0 Å². The maximum Gasteiger partial charge on any atom is 0.573 e. The van der Waals surface area contributed by atoms with Crippen molar-refractivity contribution in [2.75, 3.05) is 7.11 Å². The van der Waals surface area contributed by atoms with Gasteiger partial charge in [-0.3, -0.25) is 0 Å². The third-order valence-electron chi connectivity index (χ3n) is 2.78. The van der Waals surface area contributed by atoms with Crippen LogP contribution in [0.5, 0.6) is 11.5 Å². The van der Waals surface area contributed by atoms with Gasteiger partial charge in [0, 0.05) is 5.56 Å². The van der Waals surface area contributed by atoms with Crippen molar-refractivity contribution in [1.29, 1.82) is 0 Å². The Hall–Kier alpha value is -2.61. The molecule has 2 aromatic rings. The van der Waals surface area contributed by atoms with Crippen molar-refractivity contribution in [3.05, 3.63) is 48.0 Å². The fourth-order valence-electron chi connectivity index (χ4n) is 1.91. The minimum atomic E-state index is -4.75. The van der Waals surface area contributed by atoms with Crippen LogP contribution in [0, 0.1) is 12.3 Å². The van der Waals surface area contributed by atoms with E-state index in [9.17, 15) is 13.2 Å². The molecule has 0 saturated heterocycles. The van der Waals surface area contributed by atoms with E-state index in [1.165, 1.54) is 25.3 Å². The van der Waals surface area contributed by atoms with Gasteiger partial charge in [0.2, 0.25) is 0 Å². The van der Waals surface area contributed by atoms with Crippen LogP contribution in [0.1, 0.15) is 5.56 Å². The molecule has 2 rings (SSSR count). The number of methoxy groups -OCH3 is 1. The number of ether oxygens (including phenoxy) is 2. The Morgan fingerprint density at radius 3 is 2.38 bits per heavy atom. The molecule has 0 amide bonds. The van der Waals surface area contributed by atoms with Gasteiger partial charge >= 0.3 is 6.36 Å². The number of halogens is 3. The van der Waals surface area contributed by atoms with Gasteiger partial charge in [0.15, 0.2) is 0 Å². The van der Waals surface area contributed by atoms with Crippen molar-refractivity contribution >= 4 is 0 Å². The minimum absolute atomic E-state index is 0.280. The summed E-state index contributed by atoms with van der Waals surface area (Å²) in [6.45, 7) is 0.